The maximum absolute atomic E-state index is 12.6. The van der Waals surface area contributed by atoms with Crippen molar-refractivity contribution >= 4 is 10.0 Å². The van der Waals surface area contributed by atoms with Crippen molar-refractivity contribution in [1.82, 2.24) is 4.72 Å². The molecule has 1 aliphatic rings. The molecule has 0 radical (unpaired) electrons. The number of sulfonamides is 1. The van der Waals surface area contributed by atoms with E-state index >= 15 is 0 Å². The maximum Gasteiger partial charge on any atom is 0.241 e. The first-order chi connectivity index (χ1) is 9.91. The molecule has 4 nitrogen and oxygen atoms in total. The lowest BCUT2D eigenvalue weighted by Crippen LogP contribution is -2.55. The summed E-state index contributed by atoms with van der Waals surface area (Å²) < 4.78 is 28.0. The van der Waals surface area contributed by atoms with Crippen LogP contribution in [0.5, 0.6) is 0 Å². The van der Waals surface area contributed by atoms with E-state index in [2.05, 4.69) is 11.6 Å². The smallest absolute Gasteiger partial charge is 0.241 e. The quantitative estimate of drug-likeness (QED) is 0.878. The van der Waals surface area contributed by atoms with Gasteiger partial charge in [0.25, 0.3) is 0 Å². The molecule has 0 heterocycles. The van der Waals surface area contributed by atoms with Gasteiger partial charge in [-0.05, 0) is 50.7 Å². The average Bonchev–Trinajstić information content (AvgIpc) is 2.48. The highest BCUT2D eigenvalue weighted by Crippen LogP contribution is 2.34. The third kappa shape index (κ3) is 3.84. The van der Waals surface area contributed by atoms with Crippen molar-refractivity contribution in [1.29, 1.82) is 0 Å². The molecule has 0 aliphatic heterocycles. The van der Waals surface area contributed by atoms with Crippen LogP contribution in [0.2, 0.25) is 0 Å². The minimum absolute atomic E-state index is 0.318. The zero-order chi connectivity index (χ0) is 15.5. The predicted molar refractivity (Wildman–Crippen MR) is 85.5 cm³/mol. The van der Waals surface area contributed by atoms with Crippen molar-refractivity contribution in [2.24, 2.45) is 11.7 Å². The van der Waals surface area contributed by atoms with Gasteiger partial charge in [-0.1, -0.05) is 31.0 Å². The average molecular weight is 310 g/mol. The normalized spacial score (nSPS) is 26.7. The molecular weight excluding hydrogens is 284 g/mol. The van der Waals surface area contributed by atoms with Crippen LogP contribution in [0.25, 0.3) is 0 Å². The Hall–Kier alpha value is -0.910. The van der Waals surface area contributed by atoms with E-state index in [1.807, 2.05) is 19.1 Å². The van der Waals surface area contributed by atoms with Crippen LogP contribution in [0.1, 0.15) is 44.6 Å². The zero-order valence-corrected chi connectivity index (χ0v) is 13.7. The molecule has 0 amide bonds. The number of rotatable bonds is 5. The zero-order valence-electron chi connectivity index (χ0n) is 12.9. The summed E-state index contributed by atoms with van der Waals surface area (Å²) in [5.74, 6) is 0.702. The number of aryl methyl sites for hydroxylation is 1. The first kappa shape index (κ1) is 16.5. The number of nitrogens with two attached hydrogens (primary N) is 1. The van der Waals surface area contributed by atoms with Crippen molar-refractivity contribution in [2.45, 2.75) is 56.4 Å². The largest absolute Gasteiger partial charge is 0.329 e. The Morgan fingerprint density at radius 1 is 1.24 bits per heavy atom. The molecule has 2 rings (SSSR count). The first-order valence-corrected chi connectivity index (χ1v) is 9.20. The van der Waals surface area contributed by atoms with Crippen LogP contribution < -0.4 is 10.5 Å². The highest BCUT2D eigenvalue weighted by atomic mass is 32.2. The summed E-state index contributed by atoms with van der Waals surface area (Å²) >= 11 is 0. The minimum atomic E-state index is -3.50. The molecule has 1 saturated carbocycles. The second-order valence-electron chi connectivity index (χ2n) is 6.25. The topological polar surface area (TPSA) is 72.2 Å². The molecule has 1 fully saturated rings. The highest BCUT2D eigenvalue weighted by molar-refractivity contribution is 7.89. The lowest BCUT2D eigenvalue weighted by molar-refractivity contribution is 0.217. The Kier molecular flexibility index (Phi) is 5.07. The van der Waals surface area contributed by atoms with Crippen molar-refractivity contribution in [3.63, 3.8) is 0 Å². The van der Waals surface area contributed by atoms with Gasteiger partial charge in [0.05, 0.1) is 4.90 Å². The Morgan fingerprint density at radius 2 is 1.81 bits per heavy atom. The molecule has 3 N–H and O–H groups in total. The summed E-state index contributed by atoms with van der Waals surface area (Å²) in [6.07, 6.45) is 4.90. The third-order valence-corrected chi connectivity index (χ3v) is 6.31. The Morgan fingerprint density at radius 3 is 2.29 bits per heavy atom. The van der Waals surface area contributed by atoms with Gasteiger partial charge in [0.1, 0.15) is 0 Å². The van der Waals surface area contributed by atoms with Crippen LogP contribution in [-0.2, 0) is 10.0 Å². The predicted octanol–water partition coefficient (Wildman–Crippen LogP) is 2.57. The standard InChI is InChI=1S/C16H26N2O2S/c1-3-14-8-10-16(12-17,11-9-14)18-21(19,20)15-6-4-13(2)5-7-15/h4-7,14,18H,3,8-12,17H2,1-2H3. The molecule has 21 heavy (non-hydrogen) atoms. The molecule has 5 heteroatoms. The van der Waals surface area contributed by atoms with Gasteiger partial charge in [0.2, 0.25) is 10.0 Å². The van der Waals surface area contributed by atoms with Gasteiger partial charge < -0.3 is 5.73 Å². The van der Waals surface area contributed by atoms with Gasteiger partial charge in [0, 0.05) is 12.1 Å². The monoisotopic (exact) mass is 310 g/mol. The molecule has 118 valence electrons. The van der Waals surface area contributed by atoms with Crippen LogP contribution in [0.3, 0.4) is 0 Å². The summed E-state index contributed by atoms with van der Waals surface area (Å²) in [5, 5.41) is 0. The summed E-state index contributed by atoms with van der Waals surface area (Å²) in [6, 6.07) is 6.94. The summed E-state index contributed by atoms with van der Waals surface area (Å²) in [6.45, 7) is 4.49. The van der Waals surface area contributed by atoms with Crippen LogP contribution in [-0.4, -0.2) is 20.5 Å². The summed E-state index contributed by atoms with van der Waals surface area (Å²) in [5.41, 5.74) is 6.48. The number of benzene rings is 1. The van der Waals surface area contributed by atoms with E-state index in [4.69, 9.17) is 5.73 Å². The molecule has 0 spiro atoms. The van der Waals surface area contributed by atoms with Crippen molar-refractivity contribution < 1.29 is 8.42 Å². The third-order valence-electron chi connectivity index (χ3n) is 4.71. The molecule has 1 aromatic rings. The molecule has 1 aromatic carbocycles. The van der Waals surface area contributed by atoms with Crippen LogP contribution in [0, 0.1) is 12.8 Å². The molecule has 0 atom stereocenters. The fourth-order valence-electron chi connectivity index (χ4n) is 3.05. The second-order valence-corrected chi connectivity index (χ2v) is 7.94. The van der Waals surface area contributed by atoms with Gasteiger partial charge in [-0.2, -0.15) is 0 Å². The van der Waals surface area contributed by atoms with E-state index in [1.165, 1.54) is 0 Å². The van der Waals surface area contributed by atoms with E-state index in [9.17, 15) is 8.42 Å². The molecular formula is C16H26N2O2S. The van der Waals surface area contributed by atoms with E-state index in [-0.39, 0.29) is 0 Å². The summed E-state index contributed by atoms with van der Waals surface area (Å²) in [4.78, 5) is 0.318. The first-order valence-electron chi connectivity index (χ1n) is 7.71. The fourth-order valence-corrected chi connectivity index (χ4v) is 4.52. The molecule has 0 bridgehead atoms. The van der Waals surface area contributed by atoms with Crippen LogP contribution >= 0.6 is 0 Å². The Labute approximate surface area is 128 Å². The van der Waals surface area contributed by atoms with Gasteiger partial charge in [-0.25, -0.2) is 13.1 Å². The van der Waals surface area contributed by atoms with E-state index in [0.29, 0.717) is 17.4 Å². The van der Waals surface area contributed by atoms with Gasteiger partial charge in [-0.3, -0.25) is 0 Å². The highest BCUT2D eigenvalue weighted by Gasteiger charge is 2.37. The number of hydrogen-bond donors (Lipinski definition) is 2. The van der Waals surface area contributed by atoms with E-state index in [1.54, 1.807) is 12.1 Å². The maximum atomic E-state index is 12.6. The van der Waals surface area contributed by atoms with E-state index < -0.39 is 15.6 Å². The van der Waals surface area contributed by atoms with Crippen molar-refractivity contribution in [3.05, 3.63) is 29.8 Å². The number of nitrogens with one attached hydrogen (secondary N) is 1. The minimum Gasteiger partial charge on any atom is -0.329 e. The van der Waals surface area contributed by atoms with Crippen molar-refractivity contribution in [2.75, 3.05) is 6.54 Å². The SMILES string of the molecule is CCC1CCC(CN)(NS(=O)(=O)c2ccc(C)cc2)CC1. The lowest BCUT2D eigenvalue weighted by atomic mass is 9.76. The van der Waals surface area contributed by atoms with Crippen LogP contribution in [0.15, 0.2) is 29.2 Å². The van der Waals surface area contributed by atoms with Crippen LogP contribution in [0.4, 0.5) is 0 Å². The molecule has 1 aliphatic carbocycles. The van der Waals surface area contributed by atoms with E-state index in [0.717, 1.165) is 37.7 Å². The van der Waals surface area contributed by atoms with Gasteiger partial charge in [0.15, 0.2) is 0 Å². The second kappa shape index (κ2) is 6.46. The van der Waals surface area contributed by atoms with Gasteiger partial charge >= 0.3 is 0 Å². The fraction of sp³-hybridized carbons (Fsp3) is 0.625. The Balaban J connectivity index is 2.16. The lowest BCUT2D eigenvalue weighted by Gasteiger charge is -2.39. The summed E-state index contributed by atoms with van der Waals surface area (Å²) in [7, 11) is -3.50. The molecule has 0 aromatic heterocycles. The molecule has 0 unspecified atom stereocenters. The number of hydrogen-bond acceptors (Lipinski definition) is 3. The molecule has 0 saturated heterocycles. The Bertz CT molecular complexity index is 558. The van der Waals surface area contributed by atoms with Crippen molar-refractivity contribution in [3.8, 4) is 0 Å². The van der Waals surface area contributed by atoms with Gasteiger partial charge in [-0.15, -0.1) is 0 Å².